The molecule has 0 radical (unpaired) electrons. The molecule has 0 saturated carbocycles. The molecule has 0 atom stereocenters. The minimum Gasteiger partial charge on any atom is -0.399 e. The van der Waals surface area contributed by atoms with Gasteiger partial charge in [-0.3, -0.25) is 4.79 Å². The normalized spacial score (nSPS) is 10.4. The monoisotopic (exact) mass is 295 g/mol. The lowest BCUT2D eigenvalue weighted by Gasteiger charge is -2.03. The van der Waals surface area contributed by atoms with Crippen LogP contribution in [0.3, 0.4) is 0 Å². The minimum atomic E-state index is 0.0325. The molecule has 0 unspecified atom stereocenters. The molecule has 2 N–H and O–H groups in total. The molecule has 2 rings (SSSR count). The number of carbonyl (C=O) groups excluding carboxylic acids is 1. The predicted octanol–water partition coefficient (Wildman–Crippen LogP) is 3.63. The fourth-order valence-corrected chi connectivity index (χ4v) is 2.55. The molecule has 2 nitrogen and oxygen atoms in total. The van der Waals surface area contributed by atoms with E-state index in [0.29, 0.717) is 16.8 Å². The summed E-state index contributed by atoms with van der Waals surface area (Å²) >= 11 is 4.85. The summed E-state index contributed by atoms with van der Waals surface area (Å²) in [6, 6.07) is 7.18. The van der Waals surface area contributed by atoms with Crippen molar-refractivity contribution in [3.63, 3.8) is 0 Å². The van der Waals surface area contributed by atoms with Gasteiger partial charge in [-0.15, -0.1) is 11.3 Å². The molecule has 0 aliphatic carbocycles. The zero-order valence-corrected chi connectivity index (χ0v) is 11.1. The van der Waals surface area contributed by atoms with Gasteiger partial charge >= 0.3 is 0 Å². The summed E-state index contributed by atoms with van der Waals surface area (Å²) in [6.07, 6.45) is 0. The van der Waals surface area contributed by atoms with Crippen LogP contribution in [0.2, 0.25) is 0 Å². The maximum absolute atomic E-state index is 12.1. The third-order valence-electron chi connectivity index (χ3n) is 2.36. The van der Waals surface area contributed by atoms with Crippen LogP contribution in [0.4, 0.5) is 5.69 Å². The molecule has 0 aliphatic heterocycles. The number of aryl methyl sites for hydroxylation is 1. The Morgan fingerprint density at radius 2 is 2.06 bits per heavy atom. The maximum atomic E-state index is 12.1. The number of thiophene rings is 1. The van der Waals surface area contributed by atoms with Crippen molar-refractivity contribution in [3.8, 4) is 0 Å². The summed E-state index contributed by atoms with van der Waals surface area (Å²) in [4.78, 5) is 12.1. The topological polar surface area (TPSA) is 43.1 Å². The van der Waals surface area contributed by atoms with E-state index in [1.165, 1.54) is 11.3 Å². The van der Waals surface area contributed by atoms with Crippen molar-refractivity contribution in [2.75, 3.05) is 5.73 Å². The Balaban J connectivity index is 2.38. The van der Waals surface area contributed by atoms with Gasteiger partial charge in [-0.2, -0.15) is 0 Å². The highest BCUT2D eigenvalue weighted by Gasteiger charge is 2.11. The molecule has 2 aromatic rings. The molecule has 0 amide bonds. The quantitative estimate of drug-likeness (QED) is 0.679. The Hall–Kier alpha value is -1.13. The van der Waals surface area contributed by atoms with E-state index in [1.54, 1.807) is 12.1 Å². The van der Waals surface area contributed by atoms with Crippen molar-refractivity contribution in [3.05, 3.63) is 50.1 Å². The summed E-state index contributed by atoms with van der Waals surface area (Å²) in [5.41, 5.74) is 8.74. The van der Waals surface area contributed by atoms with E-state index in [9.17, 15) is 4.79 Å². The van der Waals surface area contributed by atoms with Crippen LogP contribution in [0.25, 0.3) is 0 Å². The maximum Gasteiger partial charge on any atom is 0.193 e. The summed E-state index contributed by atoms with van der Waals surface area (Å²) in [5.74, 6) is 0.0325. The van der Waals surface area contributed by atoms with E-state index in [-0.39, 0.29) is 5.78 Å². The Kier molecular flexibility index (Phi) is 3.12. The summed E-state index contributed by atoms with van der Waals surface area (Å²) in [7, 11) is 0. The molecule has 0 aliphatic rings. The van der Waals surface area contributed by atoms with Crippen LogP contribution >= 0.6 is 27.3 Å². The van der Waals surface area contributed by atoms with Gasteiger partial charge in [0.25, 0.3) is 0 Å². The van der Waals surface area contributed by atoms with E-state index in [2.05, 4.69) is 15.9 Å². The molecule has 0 fully saturated rings. The van der Waals surface area contributed by atoms with Crippen LogP contribution in [0.1, 0.15) is 21.5 Å². The fourth-order valence-electron chi connectivity index (χ4n) is 1.41. The summed E-state index contributed by atoms with van der Waals surface area (Å²) < 4.78 is 0.961. The van der Waals surface area contributed by atoms with Gasteiger partial charge in [0.2, 0.25) is 0 Å². The first-order valence-electron chi connectivity index (χ1n) is 4.73. The molecular formula is C12H10BrNOS. The molecule has 4 heteroatoms. The molecule has 1 aromatic carbocycles. The predicted molar refractivity (Wildman–Crippen MR) is 71.0 cm³/mol. The number of halogens is 1. The Morgan fingerprint density at radius 1 is 1.31 bits per heavy atom. The smallest absolute Gasteiger partial charge is 0.193 e. The average Bonchev–Trinajstić information content (AvgIpc) is 2.68. The molecule has 82 valence electrons. The number of anilines is 1. The first-order chi connectivity index (χ1) is 7.58. The lowest BCUT2D eigenvalue weighted by atomic mass is 10.0. The number of nitrogens with two attached hydrogens (primary N) is 1. The Bertz CT molecular complexity index is 548. The van der Waals surface area contributed by atoms with E-state index in [4.69, 9.17) is 5.73 Å². The first kappa shape index (κ1) is 11.4. The molecule has 0 spiro atoms. The number of hydrogen-bond donors (Lipinski definition) is 1. The molecule has 1 heterocycles. The zero-order chi connectivity index (χ0) is 11.7. The molecule has 1 aromatic heterocycles. The molecular weight excluding hydrogens is 286 g/mol. The van der Waals surface area contributed by atoms with Gasteiger partial charge < -0.3 is 5.73 Å². The van der Waals surface area contributed by atoms with Gasteiger partial charge in [0.1, 0.15) is 0 Å². The molecule has 16 heavy (non-hydrogen) atoms. The number of hydrogen-bond acceptors (Lipinski definition) is 3. The second kappa shape index (κ2) is 4.39. The van der Waals surface area contributed by atoms with Crippen molar-refractivity contribution < 1.29 is 4.79 Å². The van der Waals surface area contributed by atoms with Gasteiger partial charge in [-0.25, -0.2) is 0 Å². The van der Waals surface area contributed by atoms with Crippen molar-refractivity contribution in [1.82, 2.24) is 0 Å². The first-order valence-corrected chi connectivity index (χ1v) is 6.40. The van der Waals surface area contributed by atoms with Crippen molar-refractivity contribution in [1.29, 1.82) is 0 Å². The van der Waals surface area contributed by atoms with E-state index in [1.807, 2.05) is 24.4 Å². The SMILES string of the molecule is Cc1cc(C(=O)c2csc(Br)c2)ccc1N. The number of nitrogen functional groups attached to an aromatic ring is 1. The third kappa shape index (κ3) is 2.18. The minimum absolute atomic E-state index is 0.0325. The lowest BCUT2D eigenvalue weighted by Crippen LogP contribution is -2.01. The van der Waals surface area contributed by atoms with Crippen LogP contribution in [-0.2, 0) is 0 Å². The zero-order valence-electron chi connectivity index (χ0n) is 8.66. The van der Waals surface area contributed by atoms with Crippen LogP contribution in [0.5, 0.6) is 0 Å². The number of benzene rings is 1. The second-order valence-electron chi connectivity index (χ2n) is 3.54. The average molecular weight is 296 g/mol. The largest absolute Gasteiger partial charge is 0.399 e. The highest BCUT2D eigenvalue weighted by atomic mass is 79.9. The van der Waals surface area contributed by atoms with Crippen LogP contribution < -0.4 is 5.73 Å². The second-order valence-corrected chi connectivity index (χ2v) is 5.83. The van der Waals surface area contributed by atoms with E-state index in [0.717, 1.165) is 9.35 Å². The fraction of sp³-hybridized carbons (Fsp3) is 0.0833. The Labute approximate surface area is 106 Å². The molecule has 0 bridgehead atoms. The van der Waals surface area contributed by atoms with Crippen molar-refractivity contribution >= 4 is 38.7 Å². The van der Waals surface area contributed by atoms with E-state index >= 15 is 0 Å². The van der Waals surface area contributed by atoms with Gasteiger partial charge in [0.05, 0.1) is 3.79 Å². The lowest BCUT2D eigenvalue weighted by molar-refractivity contribution is 0.103. The molecule has 0 saturated heterocycles. The van der Waals surface area contributed by atoms with Gasteiger partial charge in [-0.05, 0) is 52.7 Å². The summed E-state index contributed by atoms with van der Waals surface area (Å²) in [6.45, 7) is 1.90. The number of rotatable bonds is 2. The van der Waals surface area contributed by atoms with Crippen molar-refractivity contribution in [2.24, 2.45) is 0 Å². The van der Waals surface area contributed by atoms with Gasteiger partial charge in [-0.1, -0.05) is 0 Å². The van der Waals surface area contributed by atoms with Crippen LogP contribution in [0, 0.1) is 6.92 Å². The highest BCUT2D eigenvalue weighted by molar-refractivity contribution is 9.11. The number of ketones is 1. The summed E-state index contributed by atoms with van der Waals surface area (Å²) in [5, 5.41) is 1.85. The highest BCUT2D eigenvalue weighted by Crippen LogP contribution is 2.23. The van der Waals surface area contributed by atoms with Gasteiger partial charge in [0, 0.05) is 22.2 Å². The Morgan fingerprint density at radius 3 is 2.62 bits per heavy atom. The van der Waals surface area contributed by atoms with Gasteiger partial charge in [0.15, 0.2) is 5.78 Å². The van der Waals surface area contributed by atoms with Crippen LogP contribution in [-0.4, -0.2) is 5.78 Å². The third-order valence-corrected chi connectivity index (χ3v) is 3.87. The standard InChI is InChI=1S/C12H10BrNOS/c1-7-4-8(2-3-10(7)14)12(15)9-5-11(13)16-6-9/h2-6H,14H2,1H3. The van der Waals surface area contributed by atoms with Crippen LogP contribution in [0.15, 0.2) is 33.4 Å². The number of carbonyl (C=O) groups is 1. The van der Waals surface area contributed by atoms with E-state index < -0.39 is 0 Å². The van der Waals surface area contributed by atoms with Crippen molar-refractivity contribution in [2.45, 2.75) is 6.92 Å².